The van der Waals surface area contributed by atoms with Gasteiger partial charge >= 0.3 is 6.18 Å². The minimum atomic E-state index is -4.38. The first-order chi connectivity index (χ1) is 17.9. The van der Waals surface area contributed by atoms with E-state index in [0.717, 1.165) is 32.1 Å². The molecule has 3 rings (SSSR count). The molecule has 5 nitrogen and oxygen atoms in total. The van der Waals surface area contributed by atoms with Gasteiger partial charge in [-0.25, -0.2) is 4.39 Å². The lowest BCUT2D eigenvalue weighted by Gasteiger charge is -2.34. The van der Waals surface area contributed by atoms with Crippen LogP contribution in [-0.4, -0.2) is 47.8 Å². The summed E-state index contributed by atoms with van der Waals surface area (Å²) in [4.78, 5) is 40.3. The van der Waals surface area contributed by atoms with Gasteiger partial charge in [-0.05, 0) is 49.7 Å². The molecular weight excluding hydrogens is 500 g/mol. The number of nitrogens with one attached hydrogen (secondary N) is 1. The van der Waals surface area contributed by atoms with E-state index < -0.39 is 48.6 Å². The SMILES string of the molecule is C=C(CCC(F)(F)F)C(=O)N1CCCC(c2cccc(C(=O)NC(C(=O)C(C)C)C3CCCCC3)c2F)C1. The Morgan fingerprint density at radius 1 is 1.08 bits per heavy atom. The van der Waals surface area contributed by atoms with Gasteiger partial charge in [-0.1, -0.05) is 51.8 Å². The van der Waals surface area contributed by atoms with Crippen molar-refractivity contribution in [3.05, 3.63) is 47.3 Å². The average molecular weight is 539 g/mol. The highest BCUT2D eigenvalue weighted by Gasteiger charge is 2.34. The predicted octanol–water partition coefficient (Wildman–Crippen LogP) is 6.33. The van der Waals surface area contributed by atoms with Crippen LogP contribution in [0.4, 0.5) is 17.6 Å². The van der Waals surface area contributed by atoms with Gasteiger partial charge < -0.3 is 10.2 Å². The van der Waals surface area contributed by atoms with Gasteiger partial charge in [0.15, 0.2) is 5.78 Å². The monoisotopic (exact) mass is 538 g/mol. The van der Waals surface area contributed by atoms with Crippen LogP contribution in [0, 0.1) is 17.7 Å². The van der Waals surface area contributed by atoms with Crippen LogP contribution in [0.3, 0.4) is 0 Å². The second kappa shape index (κ2) is 12.9. The fourth-order valence-corrected chi connectivity index (χ4v) is 5.55. The third-order valence-corrected chi connectivity index (χ3v) is 7.72. The number of halogens is 4. The van der Waals surface area contributed by atoms with Crippen molar-refractivity contribution >= 4 is 17.6 Å². The molecule has 1 heterocycles. The Kier molecular flexibility index (Phi) is 10.1. The van der Waals surface area contributed by atoms with Gasteiger partial charge in [0, 0.05) is 36.9 Å². The Hall–Kier alpha value is -2.71. The number of Topliss-reactive ketones (excluding diaryl/α,β-unsaturated/α-hetero) is 1. The molecule has 1 saturated heterocycles. The minimum absolute atomic E-state index is 0.0252. The Morgan fingerprint density at radius 3 is 2.39 bits per heavy atom. The average Bonchev–Trinajstić information content (AvgIpc) is 2.89. The van der Waals surface area contributed by atoms with Crippen LogP contribution < -0.4 is 5.32 Å². The van der Waals surface area contributed by atoms with Crippen molar-refractivity contribution in [2.45, 2.75) is 89.8 Å². The summed E-state index contributed by atoms with van der Waals surface area (Å²) < 4.78 is 53.4. The predicted molar refractivity (Wildman–Crippen MR) is 137 cm³/mol. The lowest BCUT2D eigenvalue weighted by molar-refractivity contribution is -0.136. The number of hydrogen-bond donors (Lipinski definition) is 1. The largest absolute Gasteiger partial charge is 0.389 e. The van der Waals surface area contributed by atoms with E-state index in [1.807, 2.05) is 0 Å². The summed E-state index contributed by atoms with van der Waals surface area (Å²) in [5.74, 6) is -2.61. The number of hydrogen-bond acceptors (Lipinski definition) is 3. The number of ketones is 1. The van der Waals surface area contributed by atoms with Crippen LogP contribution in [0.1, 0.15) is 93.5 Å². The molecule has 2 amide bonds. The number of amides is 2. The quantitative estimate of drug-likeness (QED) is 0.295. The molecule has 2 atom stereocenters. The first-order valence-electron chi connectivity index (χ1n) is 13.6. The smallest absolute Gasteiger partial charge is 0.342 e. The highest BCUT2D eigenvalue weighted by atomic mass is 19.4. The highest BCUT2D eigenvalue weighted by Crippen LogP contribution is 2.32. The number of nitrogens with zero attached hydrogens (tertiary/aromatic N) is 1. The van der Waals surface area contributed by atoms with E-state index in [-0.39, 0.29) is 40.9 Å². The fourth-order valence-electron chi connectivity index (χ4n) is 5.55. The maximum absolute atomic E-state index is 15.7. The van der Waals surface area contributed by atoms with E-state index in [0.29, 0.717) is 19.4 Å². The summed E-state index contributed by atoms with van der Waals surface area (Å²) >= 11 is 0. The molecule has 210 valence electrons. The summed E-state index contributed by atoms with van der Waals surface area (Å²) in [5.41, 5.74) is -0.00138. The van der Waals surface area contributed by atoms with Crippen LogP contribution in [0.25, 0.3) is 0 Å². The molecule has 1 aliphatic heterocycles. The topological polar surface area (TPSA) is 66.5 Å². The molecule has 1 N–H and O–H groups in total. The third-order valence-electron chi connectivity index (χ3n) is 7.72. The molecule has 38 heavy (non-hydrogen) atoms. The summed E-state index contributed by atoms with van der Waals surface area (Å²) in [7, 11) is 0. The maximum Gasteiger partial charge on any atom is 0.389 e. The van der Waals surface area contributed by atoms with E-state index in [9.17, 15) is 27.6 Å². The zero-order valence-corrected chi connectivity index (χ0v) is 22.2. The van der Waals surface area contributed by atoms with Gasteiger partial charge in [0.1, 0.15) is 5.82 Å². The van der Waals surface area contributed by atoms with Gasteiger partial charge in [-0.3, -0.25) is 14.4 Å². The lowest BCUT2D eigenvalue weighted by atomic mass is 9.80. The van der Waals surface area contributed by atoms with E-state index in [1.165, 1.54) is 11.0 Å². The summed E-state index contributed by atoms with van der Waals surface area (Å²) in [6.45, 7) is 7.59. The van der Waals surface area contributed by atoms with Crippen molar-refractivity contribution in [1.29, 1.82) is 0 Å². The molecular formula is C29H38F4N2O3. The Morgan fingerprint density at radius 2 is 1.76 bits per heavy atom. The number of piperidine rings is 1. The minimum Gasteiger partial charge on any atom is -0.342 e. The molecule has 2 aliphatic rings. The number of benzene rings is 1. The van der Waals surface area contributed by atoms with Gasteiger partial charge in [0.05, 0.1) is 11.6 Å². The summed E-state index contributed by atoms with van der Waals surface area (Å²) in [5, 5.41) is 2.83. The number of carbonyl (C=O) groups is 3. The van der Waals surface area contributed by atoms with Crippen molar-refractivity contribution in [2.75, 3.05) is 13.1 Å². The van der Waals surface area contributed by atoms with Crippen molar-refractivity contribution < 1.29 is 31.9 Å². The van der Waals surface area contributed by atoms with Gasteiger partial charge in [0.2, 0.25) is 5.91 Å². The van der Waals surface area contributed by atoms with Crippen LogP contribution in [-0.2, 0) is 9.59 Å². The molecule has 1 aliphatic carbocycles. The Labute approximate surface area is 222 Å². The van der Waals surface area contributed by atoms with Gasteiger partial charge in [-0.15, -0.1) is 0 Å². The molecule has 9 heteroatoms. The van der Waals surface area contributed by atoms with Gasteiger partial charge in [-0.2, -0.15) is 13.2 Å². The maximum atomic E-state index is 15.7. The number of likely N-dealkylation sites (tertiary alicyclic amines) is 1. The van der Waals surface area contributed by atoms with E-state index in [1.54, 1.807) is 26.0 Å². The van der Waals surface area contributed by atoms with E-state index in [4.69, 9.17) is 0 Å². The lowest BCUT2D eigenvalue weighted by Crippen LogP contribution is -2.48. The fraction of sp³-hybridized carbons (Fsp3) is 0.621. The number of carbonyl (C=O) groups excluding carboxylic acids is 3. The first-order valence-corrected chi connectivity index (χ1v) is 13.6. The second-order valence-corrected chi connectivity index (χ2v) is 10.9. The molecule has 0 spiro atoms. The van der Waals surface area contributed by atoms with Crippen molar-refractivity contribution in [3.8, 4) is 0 Å². The summed E-state index contributed by atoms with van der Waals surface area (Å²) in [6, 6.07) is 3.87. The van der Waals surface area contributed by atoms with Crippen molar-refractivity contribution in [2.24, 2.45) is 11.8 Å². The first kappa shape index (κ1) is 29.8. The normalized spacial score (nSPS) is 19.8. The molecule has 2 fully saturated rings. The second-order valence-electron chi connectivity index (χ2n) is 10.9. The van der Waals surface area contributed by atoms with Crippen molar-refractivity contribution in [1.82, 2.24) is 10.2 Å². The molecule has 0 radical (unpaired) electrons. The standard InChI is InChI=1S/C29H38F4N2O3/c1-18(2)26(36)25(20-9-5-4-6-10-20)34-27(37)23-13-7-12-22(24(23)30)21-11-8-16-35(17-21)28(38)19(3)14-15-29(31,32)33/h7,12-13,18,20-21,25H,3-6,8-11,14-17H2,1-2H3,(H,34,37). The molecule has 1 aromatic carbocycles. The summed E-state index contributed by atoms with van der Waals surface area (Å²) in [6.07, 6.45) is -0.112. The molecule has 1 saturated carbocycles. The number of rotatable bonds is 9. The molecule has 0 aromatic heterocycles. The van der Waals surface area contributed by atoms with Crippen LogP contribution >= 0.6 is 0 Å². The Balaban J connectivity index is 1.74. The van der Waals surface area contributed by atoms with Crippen LogP contribution in [0.15, 0.2) is 30.4 Å². The number of alkyl halides is 3. The molecule has 1 aromatic rings. The molecule has 0 bridgehead atoms. The molecule has 2 unspecified atom stereocenters. The van der Waals surface area contributed by atoms with E-state index >= 15 is 4.39 Å². The van der Waals surface area contributed by atoms with Crippen molar-refractivity contribution in [3.63, 3.8) is 0 Å². The van der Waals surface area contributed by atoms with Crippen LogP contribution in [0.2, 0.25) is 0 Å². The zero-order valence-electron chi connectivity index (χ0n) is 22.2. The van der Waals surface area contributed by atoms with Crippen LogP contribution in [0.5, 0.6) is 0 Å². The Bertz CT molecular complexity index is 1030. The van der Waals surface area contributed by atoms with E-state index in [2.05, 4.69) is 11.9 Å². The highest BCUT2D eigenvalue weighted by molar-refractivity contribution is 5.99. The zero-order chi connectivity index (χ0) is 28.0. The third kappa shape index (κ3) is 7.67. The van der Waals surface area contributed by atoms with Gasteiger partial charge in [0.25, 0.3) is 5.91 Å².